The molecule has 432 valence electrons. The van der Waals surface area contributed by atoms with E-state index in [2.05, 4.69) is 153 Å². The zero-order valence-electron chi connectivity index (χ0n) is 49.1. The monoisotopic (exact) mass is 1070 g/mol. The summed E-state index contributed by atoms with van der Waals surface area (Å²) < 4.78 is 23.3. The van der Waals surface area contributed by atoms with Crippen molar-refractivity contribution in [2.45, 2.75) is 231 Å². The Morgan fingerprint density at radius 3 is 1.22 bits per heavy atom. The molecule has 0 spiro atoms. The fourth-order valence-electron chi connectivity index (χ4n) is 7.84. The van der Waals surface area contributed by atoms with Gasteiger partial charge in [-0.25, -0.2) is 0 Å². The fraction of sp³-hybridized carbons (Fsp3) is 0.627. The Balaban J connectivity index is 4.37. The third-order valence-corrected chi connectivity index (χ3v) is 13.5. The van der Waals surface area contributed by atoms with Gasteiger partial charge in [0.15, 0.2) is 0 Å². The van der Waals surface area contributed by atoms with E-state index in [0.29, 0.717) is 17.4 Å². The molecule has 2 N–H and O–H groups in total. The van der Waals surface area contributed by atoms with E-state index in [-0.39, 0.29) is 18.9 Å². The van der Waals surface area contributed by atoms with Crippen LogP contribution in [0.5, 0.6) is 0 Å². The van der Waals surface area contributed by atoms with Crippen LogP contribution in [0.25, 0.3) is 0 Å². The Labute approximate surface area is 468 Å². The maximum absolute atomic E-state index is 13.0. The number of rotatable bonds is 53. The molecule has 0 bridgehead atoms. The van der Waals surface area contributed by atoms with Crippen molar-refractivity contribution in [1.82, 2.24) is 5.32 Å². The first kappa shape index (κ1) is 72.4. The van der Waals surface area contributed by atoms with Crippen LogP contribution in [0, 0.1) is 0 Å². The smallest absolute Gasteiger partial charge is 0.268 e. The Hall–Kier alpha value is -3.62. The van der Waals surface area contributed by atoms with Crippen LogP contribution in [0.1, 0.15) is 219 Å². The number of unbranched alkanes of at least 4 members (excludes halogenated alkanes) is 18. The zero-order valence-corrected chi connectivity index (χ0v) is 50.0. The standard InChI is InChI=1S/C67H113N2O6P/c1-6-8-10-12-14-16-18-20-22-24-26-28-29-30-31-32-33-34-35-36-37-38-39-41-43-45-47-49-51-53-55-57-59-61-67(71)68-65(64-75-76(72,73)74-63-62-69(3,4)5)66(70)60-58-56-54-52-50-48-46-44-42-40-27-25-23-21-19-17-15-13-11-9-7-2/h8,10,14,16,20,22,26,28,30-31,33-34,36-37,39,41,45,47,50-53,58,60,65-66,70H,6-7,9,11-13,15,17-19,21,23-25,27,29,32,35,38,40,42-44,46,48-49,54-57,59,61-64H2,1-5H3,(H-,68,71,72,73)/b10-8-,16-14-,22-20-,28-26-,31-30-,34-33-,37-36-,41-39-,47-45-,52-50+,53-51-,60-58+. The lowest BCUT2D eigenvalue weighted by molar-refractivity contribution is -0.870. The molecule has 0 aliphatic rings. The maximum Gasteiger partial charge on any atom is 0.268 e. The van der Waals surface area contributed by atoms with Crippen LogP contribution in [-0.2, 0) is 18.4 Å². The molecule has 3 unspecified atom stereocenters. The lowest BCUT2D eigenvalue weighted by Gasteiger charge is -2.29. The lowest BCUT2D eigenvalue weighted by atomic mass is 10.0. The third-order valence-electron chi connectivity index (χ3n) is 12.5. The summed E-state index contributed by atoms with van der Waals surface area (Å²) in [5.74, 6) is -0.255. The Bertz CT molecular complexity index is 1740. The number of allylic oxidation sites excluding steroid dienone is 23. The van der Waals surface area contributed by atoms with E-state index in [1.54, 1.807) is 6.08 Å². The number of nitrogens with zero attached hydrogens (tertiary/aromatic N) is 1. The zero-order chi connectivity index (χ0) is 55.6. The minimum absolute atomic E-state index is 0.0233. The van der Waals surface area contributed by atoms with Gasteiger partial charge in [0.2, 0.25) is 5.91 Å². The minimum atomic E-state index is -4.63. The van der Waals surface area contributed by atoms with Gasteiger partial charge in [-0.3, -0.25) is 9.36 Å². The van der Waals surface area contributed by atoms with Gasteiger partial charge in [0.1, 0.15) is 13.2 Å². The number of hydrogen-bond donors (Lipinski definition) is 2. The molecule has 0 radical (unpaired) electrons. The highest BCUT2D eigenvalue weighted by Gasteiger charge is 2.23. The first-order valence-corrected chi connectivity index (χ1v) is 31.7. The summed E-state index contributed by atoms with van der Waals surface area (Å²) in [5, 5.41) is 13.8. The molecule has 76 heavy (non-hydrogen) atoms. The van der Waals surface area contributed by atoms with Gasteiger partial charge in [-0.2, -0.15) is 0 Å². The van der Waals surface area contributed by atoms with Gasteiger partial charge in [0.25, 0.3) is 7.82 Å². The number of phosphoric ester groups is 1. The second-order valence-electron chi connectivity index (χ2n) is 21.0. The van der Waals surface area contributed by atoms with Crippen molar-refractivity contribution in [1.29, 1.82) is 0 Å². The molecule has 0 aromatic carbocycles. The summed E-state index contributed by atoms with van der Waals surface area (Å²) in [7, 11) is 1.19. The molecule has 0 aromatic rings. The molecular formula is C67H113N2O6P. The number of aliphatic hydroxyl groups is 1. The molecule has 3 atom stereocenters. The number of quaternary nitrogens is 1. The van der Waals surface area contributed by atoms with Gasteiger partial charge in [0.05, 0.1) is 39.9 Å². The normalized spacial score (nSPS) is 14.9. The number of carbonyl (C=O) groups excluding carboxylic acids is 1. The molecule has 0 aliphatic heterocycles. The van der Waals surface area contributed by atoms with Gasteiger partial charge < -0.3 is 28.8 Å². The van der Waals surface area contributed by atoms with Gasteiger partial charge in [-0.05, 0) is 109 Å². The van der Waals surface area contributed by atoms with E-state index < -0.39 is 26.6 Å². The Kier molecular flexibility index (Phi) is 53.4. The molecule has 0 fully saturated rings. The highest BCUT2D eigenvalue weighted by molar-refractivity contribution is 7.45. The molecule has 1 amide bonds. The summed E-state index contributed by atoms with van der Waals surface area (Å²) >= 11 is 0. The summed E-state index contributed by atoms with van der Waals surface area (Å²) in [4.78, 5) is 25.5. The largest absolute Gasteiger partial charge is 0.756 e. The van der Waals surface area contributed by atoms with E-state index in [4.69, 9.17) is 9.05 Å². The van der Waals surface area contributed by atoms with Crippen LogP contribution in [-0.4, -0.2) is 68.5 Å². The number of nitrogens with one attached hydrogen (secondary N) is 1. The molecule has 0 heterocycles. The van der Waals surface area contributed by atoms with Crippen molar-refractivity contribution in [2.24, 2.45) is 0 Å². The average Bonchev–Trinajstić information content (AvgIpc) is 3.38. The van der Waals surface area contributed by atoms with E-state index in [0.717, 1.165) is 96.3 Å². The van der Waals surface area contributed by atoms with Crippen LogP contribution in [0.2, 0.25) is 0 Å². The van der Waals surface area contributed by atoms with Crippen LogP contribution >= 0.6 is 7.82 Å². The molecular weight excluding hydrogens is 960 g/mol. The predicted octanol–water partition coefficient (Wildman–Crippen LogP) is 18.2. The van der Waals surface area contributed by atoms with Gasteiger partial charge in [-0.15, -0.1) is 0 Å². The van der Waals surface area contributed by atoms with E-state index >= 15 is 0 Å². The van der Waals surface area contributed by atoms with Crippen molar-refractivity contribution in [3.63, 3.8) is 0 Å². The Morgan fingerprint density at radius 1 is 0.474 bits per heavy atom. The van der Waals surface area contributed by atoms with Crippen molar-refractivity contribution < 1.29 is 32.9 Å². The van der Waals surface area contributed by atoms with Gasteiger partial charge in [-0.1, -0.05) is 250 Å². The minimum Gasteiger partial charge on any atom is -0.756 e. The quantitative estimate of drug-likeness (QED) is 0.0272. The summed E-state index contributed by atoms with van der Waals surface area (Å²) in [6, 6.07) is -0.939. The van der Waals surface area contributed by atoms with Crippen LogP contribution < -0.4 is 10.2 Å². The number of amides is 1. The van der Waals surface area contributed by atoms with Crippen LogP contribution in [0.3, 0.4) is 0 Å². The third kappa shape index (κ3) is 58.1. The number of hydrogen-bond acceptors (Lipinski definition) is 6. The predicted molar refractivity (Wildman–Crippen MR) is 329 cm³/mol. The van der Waals surface area contributed by atoms with Crippen molar-refractivity contribution in [3.05, 3.63) is 146 Å². The van der Waals surface area contributed by atoms with Crippen molar-refractivity contribution in [2.75, 3.05) is 40.9 Å². The molecule has 0 aromatic heterocycles. The summed E-state index contributed by atoms with van der Waals surface area (Å²) in [6.07, 6.45) is 86.5. The first-order chi connectivity index (χ1) is 37.0. The lowest BCUT2D eigenvalue weighted by Crippen LogP contribution is -2.45. The average molecular weight is 1070 g/mol. The van der Waals surface area contributed by atoms with E-state index in [9.17, 15) is 19.4 Å². The van der Waals surface area contributed by atoms with Gasteiger partial charge >= 0.3 is 0 Å². The number of carbonyl (C=O) groups is 1. The van der Waals surface area contributed by atoms with Crippen molar-refractivity contribution >= 4 is 13.7 Å². The van der Waals surface area contributed by atoms with Crippen LogP contribution in [0.15, 0.2) is 146 Å². The van der Waals surface area contributed by atoms with Crippen molar-refractivity contribution in [3.8, 4) is 0 Å². The fourth-order valence-corrected chi connectivity index (χ4v) is 8.57. The highest BCUT2D eigenvalue weighted by atomic mass is 31.2. The van der Waals surface area contributed by atoms with Crippen LogP contribution in [0.4, 0.5) is 0 Å². The molecule has 0 aliphatic carbocycles. The van der Waals surface area contributed by atoms with E-state index in [1.807, 2.05) is 27.2 Å². The molecule has 8 nitrogen and oxygen atoms in total. The Morgan fingerprint density at radius 2 is 0.816 bits per heavy atom. The number of aliphatic hydroxyl groups excluding tert-OH is 1. The second kappa shape index (κ2) is 56.1. The summed E-state index contributed by atoms with van der Waals surface area (Å²) in [6.45, 7) is 4.47. The molecule has 0 saturated carbocycles. The van der Waals surface area contributed by atoms with Gasteiger partial charge in [0, 0.05) is 6.42 Å². The number of likely N-dealkylation sites (N-methyl/N-ethyl adjacent to an activating group) is 1. The molecule has 0 saturated heterocycles. The summed E-state index contributed by atoms with van der Waals surface area (Å²) in [5.41, 5.74) is 0. The molecule has 9 heteroatoms. The second-order valence-corrected chi connectivity index (χ2v) is 22.4. The number of phosphoric acid groups is 1. The highest BCUT2D eigenvalue weighted by Crippen LogP contribution is 2.38. The maximum atomic E-state index is 13.0. The first-order valence-electron chi connectivity index (χ1n) is 30.2. The topological polar surface area (TPSA) is 108 Å². The van der Waals surface area contributed by atoms with E-state index in [1.165, 1.54) is 96.3 Å². The molecule has 0 rings (SSSR count). The SMILES string of the molecule is CC/C=C\C/C=C\C/C=C\C/C=C\C/C=C\C/C=C\C/C=C\C/C=C\C/C=C\C/C=C\CCCCC(=O)NC(COP(=O)([O-])OCC[N+](C)(C)C)C(O)/C=C/CC/C=C/CCCCCCCCCCCCCCCCC.